The van der Waals surface area contributed by atoms with Gasteiger partial charge in [-0.05, 0) is 43.4 Å². The molecule has 1 aromatic carbocycles. The Balaban J connectivity index is 2.00. The molecule has 3 nitrogen and oxygen atoms in total. The molecule has 0 unspecified atom stereocenters. The Morgan fingerprint density at radius 2 is 2.05 bits per heavy atom. The molecule has 0 bridgehead atoms. The Bertz CT molecular complexity index is 602. The quantitative estimate of drug-likeness (QED) is 0.839. The third-order valence-electron chi connectivity index (χ3n) is 4.07. The van der Waals surface area contributed by atoms with Gasteiger partial charge in [-0.25, -0.2) is 0 Å². The van der Waals surface area contributed by atoms with Gasteiger partial charge in [-0.2, -0.15) is 0 Å². The molecule has 1 heterocycles. The van der Waals surface area contributed by atoms with E-state index < -0.39 is 0 Å². The maximum absolute atomic E-state index is 6.09. The van der Waals surface area contributed by atoms with E-state index in [0.29, 0.717) is 6.04 Å². The first kappa shape index (κ1) is 13.2. The summed E-state index contributed by atoms with van der Waals surface area (Å²) in [7, 11) is 0. The van der Waals surface area contributed by atoms with Gasteiger partial charge in [0.15, 0.2) is 0 Å². The second-order valence-corrected chi connectivity index (χ2v) is 6.20. The lowest BCUT2D eigenvalue weighted by Crippen LogP contribution is -2.28. The summed E-state index contributed by atoms with van der Waals surface area (Å²) in [5.41, 5.74) is 8.23. The van der Waals surface area contributed by atoms with Crippen LogP contribution in [0.2, 0.25) is 0 Å². The largest absolute Gasteiger partial charge is 0.398 e. The molecule has 0 aliphatic heterocycles. The summed E-state index contributed by atoms with van der Waals surface area (Å²) >= 11 is 0. The number of hydrogen-bond donors (Lipinski definition) is 1. The average molecular weight is 269 g/mol. The van der Waals surface area contributed by atoms with Crippen LogP contribution in [0.15, 0.2) is 30.6 Å². The highest BCUT2D eigenvalue weighted by molar-refractivity contribution is 6.01. The topological polar surface area (TPSA) is 42.1 Å². The normalized spacial score (nSPS) is 14.9. The smallest absolute Gasteiger partial charge is 0.0465 e. The maximum Gasteiger partial charge on any atom is 0.0465 e. The zero-order chi connectivity index (χ0) is 14.1. The highest BCUT2D eigenvalue weighted by atomic mass is 15.2. The van der Waals surface area contributed by atoms with Crippen LogP contribution in [0.4, 0.5) is 11.4 Å². The molecule has 20 heavy (non-hydrogen) atoms. The van der Waals surface area contributed by atoms with Crippen molar-refractivity contribution in [3.63, 3.8) is 0 Å². The maximum atomic E-state index is 6.09. The van der Waals surface area contributed by atoms with Gasteiger partial charge < -0.3 is 10.6 Å². The fraction of sp³-hybridized carbons (Fsp3) is 0.471. The lowest BCUT2D eigenvalue weighted by molar-refractivity contribution is 0.571. The van der Waals surface area contributed by atoms with Gasteiger partial charge in [-0.1, -0.05) is 13.8 Å². The predicted molar refractivity (Wildman–Crippen MR) is 86.0 cm³/mol. The summed E-state index contributed by atoms with van der Waals surface area (Å²) in [6.45, 7) is 5.69. The monoisotopic (exact) mass is 269 g/mol. The summed E-state index contributed by atoms with van der Waals surface area (Å²) in [5, 5.41) is 2.30. The first-order chi connectivity index (χ1) is 9.66. The zero-order valence-corrected chi connectivity index (χ0v) is 12.3. The van der Waals surface area contributed by atoms with Gasteiger partial charge in [-0.15, -0.1) is 0 Å². The van der Waals surface area contributed by atoms with Crippen LogP contribution < -0.4 is 10.6 Å². The van der Waals surface area contributed by atoms with E-state index in [1.54, 1.807) is 0 Å². The molecule has 1 aliphatic rings. The Morgan fingerprint density at radius 1 is 1.25 bits per heavy atom. The van der Waals surface area contributed by atoms with Crippen molar-refractivity contribution in [3.8, 4) is 0 Å². The van der Waals surface area contributed by atoms with E-state index in [2.05, 4.69) is 29.8 Å². The van der Waals surface area contributed by atoms with Crippen molar-refractivity contribution in [1.29, 1.82) is 0 Å². The van der Waals surface area contributed by atoms with Crippen LogP contribution >= 0.6 is 0 Å². The van der Waals surface area contributed by atoms with Gasteiger partial charge in [-0.3, -0.25) is 4.98 Å². The minimum atomic E-state index is 0.709. The fourth-order valence-electron chi connectivity index (χ4n) is 2.73. The summed E-state index contributed by atoms with van der Waals surface area (Å²) in [4.78, 5) is 6.85. The molecule has 0 amide bonds. The van der Waals surface area contributed by atoms with E-state index in [1.807, 2.05) is 24.5 Å². The minimum absolute atomic E-state index is 0.709. The number of nitrogen functional groups attached to an aromatic ring is 1. The molecule has 0 radical (unpaired) electrons. The number of pyridine rings is 1. The van der Waals surface area contributed by atoms with Crippen LogP contribution in [-0.4, -0.2) is 17.6 Å². The molecule has 1 fully saturated rings. The van der Waals surface area contributed by atoms with Crippen LogP contribution in [0.1, 0.15) is 33.1 Å². The molecule has 0 spiro atoms. The third kappa shape index (κ3) is 2.58. The van der Waals surface area contributed by atoms with Crippen molar-refractivity contribution in [2.24, 2.45) is 5.92 Å². The van der Waals surface area contributed by atoms with Gasteiger partial charge in [0.05, 0.1) is 0 Å². The van der Waals surface area contributed by atoms with Crippen LogP contribution in [0.3, 0.4) is 0 Å². The summed E-state index contributed by atoms with van der Waals surface area (Å²) < 4.78 is 0. The molecule has 3 rings (SSSR count). The number of benzene rings is 1. The van der Waals surface area contributed by atoms with E-state index in [0.717, 1.165) is 23.5 Å². The van der Waals surface area contributed by atoms with E-state index >= 15 is 0 Å². The molecule has 0 atom stereocenters. The summed E-state index contributed by atoms with van der Waals surface area (Å²) in [5.74, 6) is 0.731. The third-order valence-corrected chi connectivity index (χ3v) is 4.07. The Labute approximate surface area is 120 Å². The molecule has 1 aliphatic carbocycles. The second-order valence-electron chi connectivity index (χ2n) is 6.20. The van der Waals surface area contributed by atoms with Crippen LogP contribution in [0.5, 0.6) is 0 Å². The molecule has 3 heteroatoms. The lowest BCUT2D eigenvalue weighted by atomic mass is 10.1. The van der Waals surface area contributed by atoms with Crippen molar-refractivity contribution in [2.75, 3.05) is 17.2 Å². The summed E-state index contributed by atoms with van der Waals surface area (Å²) in [6, 6.07) is 6.92. The van der Waals surface area contributed by atoms with Gasteiger partial charge in [0.2, 0.25) is 0 Å². The average Bonchev–Trinajstić information content (AvgIpc) is 3.26. The molecule has 2 aromatic rings. The molecule has 106 valence electrons. The highest BCUT2D eigenvalue weighted by Crippen LogP contribution is 2.37. The number of fused-ring (bicyclic) bond motifs is 1. The van der Waals surface area contributed by atoms with E-state index in [4.69, 9.17) is 5.73 Å². The van der Waals surface area contributed by atoms with Gasteiger partial charge in [0, 0.05) is 47.1 Å². The SMILES string of the molecule is CC(C)CCN(c1ccc(N)c2ccncc12)C1CC1. The number of anilines is 2. The Morgan fingerprint density at radius 3 is 2.75 bits per heavy atom. The highest BCUT2D eigenvalue weighted by Gasteiger charge is 2.30. The standard InChI is InChI=1S/C17H23N3/c1-12(2)8-10-20(13-3-4-13)17-6-5-16(18)14-7-9-19-11-15(14)17/h5-7,9,11-13H,3-4,8,10,18H2,1-2H3. The summed E-state index contributed by atoms with van der Waals surface area (Å²) in [6.07, 6.45) is 7.61. The molecule has 2 N–H and O–H groups in total. The van der Waals surface area contributed by atoms with Crippen molar-refractivity contribution >= 4 is 22.1 Å². The number of rotatable bonds is 5. The molecule has 0 saturated heterocycles. The lowest BCUT2D eigenvalue weighted by Gasteiger charge is -2.27. The number of hydrogen-bond acceptors (Lipinski definition) is 3. The number of nitrogens with zero attached hydrogens (tertiary/aromatic N) is 2. The second kappa shape index (κ2) is 5.31. The van der Waals surface area contributed by atoms with Gasteiger partial charge in [0.25, 0.3) is 0 Å². The molecule has 1 saturated carbocycles. The van der Waals surface area contributed by atoms with Crippen molar-refractivity contribution in [2.45, 2.75) is 39.2 Å². The van der Waals surface area contributed by atoms with Crippen LogP contribution in [0.25, 0.3) is 10.8 Å². The van der Waals surface area contributed by atoms with Gasteiger partial charge in [0.1, 0.15) is 0 Å². The van der Waals surface area contributed by atoms with E-state index in [1.165, 1.54) is 30.3 Å². The minimum Gasteiger partial charge on any atom is -0.398 e. The fourth-order valence-corrected chi connectivity index (χ4v) is 2.73. The van der Waals surface area contributed by atoms with E-state index in [-0.39, 0.29) is 0 Å². The first-order valence-corrected chi connectivity index (χ1v) is 7.55. The zero-order valence-electron chi connectivity index (χ0n) is 12.3. The van der Waals surface area contributed by atoms with Crippen molar-refractivity contribution in [3.05, 3.63) is 30.6 Å². The Kier molecular flexibility index (Phi) is 3.51. The van der Waals surface area contributed by atoms with Gasteiger partial charge >= 0.3 is 0 Å². The Hall–Kier alpha value is -1.77. The first-order valence-electron chi connectivity index (χ1n) is 7.55. The number of aromatic nitrogens is 1. The van der Waals surface area contributed by atoms with Crippen LogP contribution in [-0.2, 0) is 0 Å². The number of nitrogens with two attached hydrogens (primary N) is 1. The molecule has 1 aromatic heterocycles. The predicted octanol–water partition coefficient (Wildman–Crippen LogP) is 3.83. The van der Waals surface area contributed by atoms with Crippen molar-refractivity contribution < 1.29 is 0 Å². The van der Waals surface area contributed by atoms with E-state index in [9.17, 15) is 0 Å². The molecular formula is C17H23N3. The molecular weight excluding hydrogens is 246 g/mol. The van der Waals surface area contributed by atoms with Crippen LogP contribution in [0, 0.1) is 5.92 Å². The van der Waals surface area contributed by atoms with Crippen molar-refractivity contribution in [1.82, 2.24) is 4.98 Å².